The first kappa shape index (κ1) is 7.80. The number of allylic oxidation sites excluding steroid dienone is 1. The summed E-state index contributed by atoms with van der Waals surface area (Å²) in [6.07, 6.45) is 5.22. The molecule has 2 aliphatic heterocycles. The van der Waals surface area contributed by atoms with E-state index in [2.05, 4.69) is 35.0 Å². The number of rotatable bonds is 0. The van der Waals surface area contributed by atoms with Crippen LogP contribution >= 0.6 is 0 Å². The Morgan fingerprint density at radius 1 is 1.50 bits per heavy atom. The third kappa shape index (κ3) is 1.25. The minimum atomic E-state index is 0.624. The molecule has 0 bridgehead atoms. The van der Waals surface area contributed by atoms with Crippen LogP contribution in [0.3, 0.4) is 0 Å². The lowest BCUT2D eigenvalue weighted by Crippen LogP contribution is -2.50. The van der Waals surface area contributed by atoms with E-state index in [4.69, 9.17) is 0 Å². The van der Waals surface area contributed by atoms with Crippen molar-refractivity contribution in [2.45, 2.75) is 6.42 Å². The summed E-state index contributed by atoms with van der Waals surface area (Å²) in [5.74, 6) is 1.88. The molecule has 0 N–H and O–H groups in total. The first-order valence-electron chi connectivity index (χ1n) is 4.40. The van der Waals surface area contributed by atoms with E-state index in [1.54, 1.807) is 0 Å². The molecular weight excluding hydrogens is 150 g/mol. The van der Waals surface area contributed by atoms with Gasteiger partial charge in [0.25, 0.3) is 0 Å². The number of aliphatic imine (C=N–C) groups is 1. The summed E-state index contributed by atoms with van der Waals surface area (Å²) >= 11 is 0. The molecule has 0 aliphatic carbocycles. The molecule has 1 unspecified atom stereocenters. The van der Waals surface area contributed by atoms with Crippen molar-refractivity contribution in [1.29, 1.82) is 0 Å². The molecule has 2 aliphatic rings. The molecule has 2 heterocycles. The van der Waals surface area contributed by atoms with Crippen LogP contribution in [0.2, 0.25) is 0 Å². The number of hydrogen-bond acceptors (Lipinski definition) is 3. The predicted molar refractivity (Wildman–Crippen MR) is 49.9 cm³/mol. The quantitative estimate of drug-likeness (QED) is 0.527. The zero-order valence-corrected chi connectivity index (χ0v) is 7.70. The number of hydrogen-bond donors (Lipinski definition) is 0. The lowest BCUT2D eigenvalue weighted by Gasteiger charge is -2.39. The number of amidine groups is 1. The van der Waals surface area contributed by atoms with Crippen molar-refractivity contribution >= 4 is 5.84 Å². The molecule has 0 spiro atoms. The van der Waals surface area contributed by atoms with Gasteiger partial charge in [-0.05, 0) is 13.5 Å². The minimum absolute atomic E-state index is 0.624. The molecule has 0 aromatic heterocycles. The molecule has 12 heavy (non-hydrogen) atoms. The zero-order valence-electron chi connectivity index (χ0n) is 7.70. The van der Waals surface area contributed by atoms with Crippen molar-refractivity contribution in [2.75, 3.05) is 27.3 Å². The Balaban J connectivity index is 2.19. The summed E-state index contributed by atoms with van der Waals surface area (Å²) < 4.78 is 0. The molecule has 0 saturated carbocycles. The van der Waals surface area contributed by atoms with Crippen LogP contribution in [0.1, 0.15) is 6.42 Å². The van der Waals surface area contributed by atoms with Crippen molar-refractivity contribution in [3.05, 3.63) is 12.3 Å². The Bertz CT molecular complexity index is 232. The summed E-state index contributed by atoms with van der Waals surface area (Å²) in [6, 6.07) is 0. The number of nitrogens with zero attached hydrogens (tertiary/aromatic N) is 3. The van der Waals surface area contributed by atoms with Crippen LogP contribution in [-0.2, 0) is 0 Å². The Hall–Kier alpha value is -0.830. The highest BCUT2D eigenvalue weighted by Gasteiger charge is 2.27. The summed E-state index contributed by atoms with van der Waals surface area (Å²) in [6.45, 7) is 2.15. The molecule has 2 rings (SSSR count). The molecule has 0 radical (unpaired) electrons. The Kier molecular flexibility index (Phi) is 1.89. The van der Waals surface area contributed by atoms with Gasteiger partial charge in [-0.1, -0.05) is 6.08 Å². The second-order valence-corrected chi connectivity index (χ2v) is 3.68. The van der Waals surface area contributed by atoms with Crippen LogP contribution in [0.25, 0.3) is 0 Å². The van der Waals surface area contributed by atoms with Crippen LogP contribution in [0.5, 0.6) is 0 Å². The Morgan fingerprint density at radius 2 is 2.33 bits per heavy atom. The van der Waals surface area contributed by atoms with Gasteiger partial charge < -0.3 is 4.90 Å². The fourth-order valence-electron chi connectivity index (χ4n) is 2.00. The fraction of sp³-hybridized carbons (Fsp3) is 0.667. The maximum absolute atomic E-state index is 4.40. The zero-order chi connectivity index (χ0) is 8.55. The van der Waals surface area contributed by atoms with Gasteiger partial charge in [-0.15, -0.1) is 0 Å². The molecule has 3 nitrogen and oxygen atoms in total. The van der Waals surface area contributed by atoms with Crippen LogP contribution in [0, 0.1) is 5.92 Å². The number of fused-ring (bicyclic) bond motifs is 1. The standard InChI is InChI=1S/C9H15N3/c1-11-6-8-4-3-5-10-9(8)12(2)7-11/h3,5,8H,4,6-7H2,1-2H3. The molecule has 0 aromatic rings. The highest BCUT2D eigenvalue weighted by molar-refractivity contribution is 5.86. The first-order valence-corrected chi connectivity index (χ1v) is 4.40. The van der Waals surface area contributed by atoms with Crippen LogP contribution in [0.15, 0.2) is 17.3 Å². The van der Waals surface area contributed by atoms with Gasteiger partial charge in [0, 0.05) is 25.7 Å². The molecular formula is C9H15N3. The third-order valence-corrected chi connectivity index (χ3v) is 2.47. The van der Waals surface area contributed by atoms with Gasteiger partial charge >= 0.3 is 0 Å². The summed E-state index contributed by atoms with van der Waals surface area (Å²) in [5.41, 5.74) is 0. The molecule has 1 saturated heterocycles. The largest absolute Gasteiger partial charge is 0.350 e. The van der Waals surface area contributed by atoms with Crippen molar-refractivity contribution < 1.29 is 0 Å². The van der Waals surface area contributed by atoms with Crippen molar-refractivity contribution in [2.24, 2.45) is 10.9 Å². The van der Waals surface area contributed by atoms with Crippen molar-refractivity contribution in [3.63, 3.8) is 0 Å². The second kappa shape index (κ2) is 2.90. The van der Waals surface area contributed by atoms with E-state index in [9.17, 15) is 0 Å². The average molecular weight is 165 g/mol. The smallest absolute Gasteiger partial charge is 0.110 e. The van der Waals surface area contributed by atoms with Gasteiger partial charge in [0.05, 0.1) is 6.67 Å². The van der Waals surface area contributed by atoms with E-state index in [1.165, 1.54) is 5.84 Å². The summed E-state index contributed by atoms with van der Waals surface area (Å²) in [7, 11) is 4.27. The van der Waals surface area contributed by atoms with Crippen LogP contribution in [-0.4, -0.2) is 42.9 Å². The monoisotopic (exact) mass is 165 g/mol. The van der Waals surface area contributed by atoms with E-state index >= 15 is 0 Å². The van der Waals surface area contributed by atoms with Crippen LogP contribution < -0.4 is 0 Å². The predicted octanol–water partition coefficient (Wildman–Crippen LogP) is 0.753. The SMILES string of the molecule is CN1CC2CC=CN=C2N(C)C1. The van der Waals surface area contributed by atoms with Gasteiger partial charge in [0.15, 0.2) is 0 Å². The maximum atomic E-state index is 4.40. The Labute approximate surface area is 73.4 Å². The maximum Gasteiger partial charge on any atom is 0.110 e. The van der Waals surface area contributed by atoms with E-state index in [-0.39, 0.29) is 0 Å². The molecule has 3 heteroatoms. The van der Waals surface area contributed by atoms with Gasteiger partial charge in [-0.25, -0.2) is 4.99 Å². The summed E-state index contributed by atoms with van der Waals surface area (Å²) in [4.78, 5) is 8.97. The van der Waals surface area contributed by atoms with E-state index in [0.717, 1.165) is 19.6 Å². The van der Waals surface area contributed by atoms with Crippen molar-refractivity contribution in [1.82, 2.24) is 9.80 Å². The van der Waals surface area contributed by atoms with E-state index < -0.39 is 0 Å². The highest BCUT2D eigenvalue weighted by Crippen LogP contribution is 2.19. The lowest BCUT2D eigenvalue weighted by atomic mass is 9.99. The summed E-state index contributed by atoms with van der Waals surface area (Å²) in [5, 5.41) is 0. The fourth-order valence-corrected chi connectivity index (χ4v) is 2.00. The molecule has 1 atom stereocenters. The molecule has 1 fully saturated rings. The second-order valence-electron chi connectivity index (χ2n) is 3.68. The highest BCUT2D eigenvalue weighted by atomic mass is 15.3. The third-order valence-electron chi connectivity index (χ3n) is 2.47. The molecule has 0 aromatic carbocycles. The topological polar surface area (TPSA) is 18.8 Å². The molecule has 66 valence electrons. The van der Waals surface area contributed by atoms with E-state index in [0.29, 0.717) is 5.92 Å². The van der Waals surface area contributed by atoms with Gasteiger partial charge in [0.1, 0.15) is 5.84 Å². The normalized spacial score (nSPS) is 30.0. The molecule has 0 amide bonds. The van der Waals surface area contributed by atoms with Gasteiger partial charge in [-0.3, -0.25) is 4.90 Å². The minimum Gasteiger partial charge on any atom is -0.350 e. The van der Waals surface area contributed by atoms with Gasteiger partial charge in [0.2, 0.25) is 0 Å². The average Bonchev–Trinajstić information content (AvgIpc) is 2.04. The van der Waals surface area contributed by atoms with Crippen molar-refractivity contribution in [3.8, 4) is 0 Å². The lowest BCUT2D eigenvalue weighted by molar-refractivity contribution is 0.186. The van der Waals surface area contributed by atoms with Crippen LogP contribution in [0.4, 0.5) is 0 Å². The van der Waals surface area contributed by atoms with Gasteiger partial charge in [-0.2, -0.15) is 0 Å². The first-order chi connectivity index (χ1) is 5.77. The Morgan fingerprint density at radius 3 is 3.17 bits per heavy atom. The van der Waals surface area contributed by atoms with E-state index in [1.807, 2.05) is 6.20 Å².